The molecule has 0 bridgehead atoms. The average Bonchev–Trinajstić information content (AvgIpc) is 3.88. The zero-order chi connectivity index (χ0) is 36.9. The van der Waals surface area contributed by atoms with Crippen LogP contribution in [0.15, 0.2) is 143 Å². The smallest absolute Gasteiger partial charge is 0.137 e. The number of fused-ring (bicyclic) bond motifs is 6. The van der Waals surface area contributed by atoms with Crippen LogP contribution in [-0.2, 0) is 27.8 Å². The molecule has 0 saturated heterocycles. The van der Waals surface area contributed by atoms with Crippen molar-refractivity contribution in [2.24, 2.45) is 5.10 Å². The molecule has 0 N–H and O–H groups in total. The third-order valence-electron chi connectivity index (χ3n) is 10.2. The van der Waals surface area contributed by atoms with Crippen LogP contribution in [0.1, 0.15) is 82.6 Å². The normalized spacial score (nSPS) is 13.2. The second-order valence-corrected chi connectivity index (χ2v) is 15.6. The Bertz CT molecular complexity index is 2530. The first-order valence-corrected chi connectivity index (χ1v) is 18.6. The molecular formula is C48H46AuN4O-2. The van der Waals surface area contributed by atoms with Crippen molar-refractivity contribution in [3.8, 4) is 0 Å². The van der Waals surface area contributed by atoms with Crippen molar-refractivity contribution in [2.45, 2.75) is 65.7 Å². The maximum atomic E-state index is 6.41. The fraction of sp³-hybridized carbons (Fsp3) is 0.208. The van der Waals surface area contributed by atoms with Gasteiger partial charge in [-0.2, -0.15) is 5.10 Å². The summed E-state index contributed by atoms with van der Waals surface area (Å²) >= 11 is 0. The summed E-state index contributed by atoms with van der Waals surface area (Å²) < 4.78 is 6.41. The van der Waals surface area contributed by atoms with Gasteiger partial charge in [-0.15, -0.1) is 17.7 Å². The quantitative estimate of drug-likeness (QED) is 0.128. The zero-order valence-corrected chi connectivity index (χ0v) is 34.1. The van der Waals surface area contributed by atoms with E-state index in [0.717, 1.165) is 50.1 Å². The second kappa shape index (κ2) is 15.0. The number of amidine groups is 1. The first-order chi connectivity index (χ1) is 25.6. The van der Waals surface area contributed by atoms with Crippen molar-refractivity contribution in [2.75, 3.05) is 9.91 Å². The Morgan fingerprint density at radius 2 is 1.19 bits per heavy atom. The van der Waals surface area contributed by atoms with E-state index in [4.69, 9.17) is 9.52 Å². The molecular weight excluding hydrogens is 846 g/mol. The van der Waals surface area contributed by atoms with E-state index in [1.807, 2.05) is 24.3 Å². The van der Waals surface area contributed by atoms with Crippen molar-refractivity contribution in [3.05, 3.63) is 162 Å². The summed E-state index contributed by atoms with van der Waals surface area (Å²) in [5, 5.41) is 12.1. The van der Waals surface area contributed by atoms with Crippen LogP contribution in [0.25, 0.3) is 43.7 Å². The largest absolute Gasteiger partial charge is 0.657 e. The number of anilines is 2. The molecule has 277 valence electrons. The standard InChI is InChI=1S/C36H38N3O.C12H8N.Au/c1-23(2)27-17-13-18-28(24(3)4)34(27)38-22-39(37-35(38)25-14-9-8-10-15-25)30-20-26(36(5,6)7)21-32-33(30)29-16-11-12-19-31(29)40-32;1-3-7-11-9(5-1)10-6-2-4-8-12(10)13-11;/h8-24H,1-7H3;1-8H;/q2*-1;. The monoisotopic (exact) mass is 891 g/mol. The Kier molecular flexibility index (Phi) is 10.3. The number of hydrogen-bond acceptors (Lipinski definition) is 4. The second-order valence-electron chi connectivity index (χ2n) is 15.6. The molecule has 6 aromatic carbocycles. The van der Waals surface area contributed by atoms with Crippen LogP contribution in [0.5, 0.6) is 0 Å². The van der Waals surface area contributed by atoms with Gasteiger partial charge in [-0.1, -0.05) is 164 Å². The molecule has 9 rings (SSSR count). The van der Waals surface area contributed by atoms with Gasteiger partial charge in [0.25, 0.3) is 0 Å². The van der Waals surface area contributed by atoms with Crippen LogP contribution in [-0.4, -0.2) is 5.84 Å². The number of aromatic nitrogens is 1. The third-order valence-corrected chi connectivity index (χ3v) is 10.2. The van der Waals surface area contributed by atoms with Crippen LogP contribution in [0.2, 0.25) is 0 Å². The van der Waals surface area contributed by atoms with Crippen LogP contribution >= 0.6 is 0 Å². The first-order valence-electron chi connectivity index (χ1n) is 18.6. The van der Waals surface area contributed by atoms with E-state index in [1.54, 1.807) is 0 Å². The Balaban J connectivity index is 0.000000269. The summed E-state index contributed by atoms with van der Waals surface area (Å²) in [6.07, 6.45) is 0. The summed E-state index contributed by atoms with van der Waals surface area (Å²) in [6, 6.07) is 46.5. The number of rotatable bonds is 5. The van der Waals surface area contributed by atoms with E-state index in [-0.39, 0.29) is 27.8 Å². The van der Waals surface area contributed by atoms with Crippen LogP contribution < -0.4 is 14.9 Å². The molecule has 0 unspecified atom stereocenters. The third kappa shape index (κ3) is 6.88. The number of furan rings is 1. The molecule has 54 heavy (non-hydrogen) atoms. The Morgan fingerprint density at radius 1 is 0.630 bits per heavy atom. The van der Waals surface area contributed by atoms with Crippen molar-refractivity contribution in [1.29, 1.82) is 0 Å². The minimum Gasteiger partial charge on any atom is -0.657 e. The number of para-hydroxylation sites is 4. The van der Waals surface area contributed by atoms with Gasteiger partial charge < -0.3 is 19.3 Å². The van der Waals surface area contributed by atoms with Crippen molar-refractivity contribution in [3.63, 3.8) is 0 Å². The molecule has 5 nitrogen and oxygen atoms in total. The maximum Gasteiger partial charge on any atom is 0.137 e. The van der Waals surface area contributed by atoms with Gasteiger partial charge in [-0.3, -0.25) is 0 Å². The van der Waals surface area contributed by atoms with Crippen molar-refractivity contribution < 1.29 is 26.8 Å². The van der Waals surface area contributed by atoms with E-state index in [1.165, 1.54) is 33.2 Å². The van der Waals surface area contributed by atoms with Gasteiger partial charge in [0.15, 0.2) is 0 Å². The number of hydrogen-bond donors (Lipinski definition) is 0. The van der Waals surface area contributed by atoms with Crippen LogP contribution in [0, 0.1) is 6.67 Å². The van der Waals surface area contributed by atoms with Crippen molar-refractivity contribution >= 4 is 61.0 Å². The minimum atomic E-state index is -0.0532. The maximum absolute atomic E-state index is 6.41. The van der Waals surface area contributed by atoms with Gasteiger partial charge in [0.05, 0.1) is 5.39 Å². The molecule has 0 saturated carbocycles. The van der Waals surface area contributed by atoms with Gasteiger partial charge in [-0.05, 0) is 62.9 Å². The SMILES string of the molecule is CC(C)c1cccc(C(C)C)c1N1[CH-]N(c2cc(C(C)(C)C)cc3oc4ccccc4c23)N=C1c1ccccc1.[Au].c1ccc2c(c1)[n-]c1ccccc12. The Morgan fingerprint density at radius 3 is 1.78 bits per heavy atom. The van der Waals surface area contributed by atoms with E-state index >= 15 is 0 Å². The number of nitrogens with zero attached hydrogens (tertiary/aromatic N) is 4. The van der Waals surface area contributed by atoms with Gasteiger partial charge in [0, 0.05) is 44.7 Å². The molecule has 0 fully saturated rings. The molecule has 0 aliphatic carbocycles. The van der Waals surface area contributed by atoms with E-state index in [9.17, 15) is 0 Å². The molecule has 0 atom stereocenters. The van der Waals surface area contributed by atoms with E-state index in [0.29, 0.717) is 11.8 Å². The van der Waals surface area contributed by atoms with Gasteiger partial charge in [0.1, 0.15) is 17.0 Å². The van der Waals surface area contributed by atoms with Gasteiger partial charge >= 0.3 is 0 Å². The summed E-state index contributed by atoms with van der Waals surface area (Å²) in [7, 11) is 0. The predicted molar refractivity (Wildman–Crippen MR) is 224 cm³/mol. The van der Waals surface area contributed by atoms with Crippen LogP contribution in [0.3, 0.4) is 0 Å². The molecule has 3 heterocycles. The van der Waals surface area contributed by atoms with Crippen LogP contribution in [0.4, 0.5) is 11.4 Å². The van der Waals surface area contributed by atoms with E-state index < -0.39 is 0 Å². The molecule has 1 radical (unpaired) electrons. The van der Waals surface area contributed by atoms with E-state index in [2.05, 4.69) is 179 Å². The fourth-order valence-corrected chi connectivity index (χ4v) is 7.37. The minimum absolute atomic E-state index is 0. The summed E-state index contributed by atoms with van der Waals surface area (Å²) in [4.78, 5) is 6.82. The Hall–Kier alpha value is -5.07. The fourth-order valence-electron chi connectivity index (χ4n) is 7.37. The molecule has 0 spiro atoms. The molecule has 6 heteroatoms. The number of hydrazone groups is 1. The Labute approximate surface area is 334 Å². The summed E-state index contributed by atoms with van der Waals surface area (Å²) in [5.74, 6) is 1.64. The molecule has 1 aliphatic rings. The summed E-state index contributed by atoms with van der Waals surface area (Å²) in [6.45, 7) is 18.0. The molecule has 8 aromatic rings. The number of benzene rings is 6. The molecule has 0 amide bonds. The van der Waals surface area contributed by atoms with Gasteiger partial charge in [-0.25, -0.2) is 0 Å². The van der Waals surface area contributed by atoms with Gasteiger partial charge in [0.2, 0.25) is 0 Å². The van der Waals surface area contributed by atoms with Crippen molar-refractivity contribution in [1.82, 2.24) is 4.98 Å². The molecule has 2 aromatic heterocycles. The topological polar surface area (TPSA) is 46.1 Å². The summed E-state index contributed by atoms with van der Waals surface area (Å²) in [5.41, 5.74) is 11.1. The average molecular weight is 892 g/mol. The first kappa shape index (κ1) is 37.3. The molecule has 1 aliphatic heterocycles. The zero-order valence-electron chi connectivity index (χ0n) is 31.9. The predicted octanol–water partition coefficient (Wildman–Crippen LogP) is 12.9.